The molecule has 0 radical (unpaired) electrons. The molecular weight excluding hydrogens is 517 g/mol. The molecule has 2 N–H and O–H groups in total. The fourth-order valence-corrected chi connectivity index (χ4v) is 4.21. The Morgan fingerprint density at radius 3 is 2.51 bits per heavy atom. The second-order valence-electron chi connectivity index (χ2n) is 7.94. The van der Waals surface area contributed by atoms with Gasteiger partial charge in [0.25, 0.3) is 5.91 Å². The van der Waals surface area contributed by atoms with Crippen LogP contribution in [0.1, 0.15) is 11.4 Å². The number of carbonyl (C=O) groups excluding carboxylic acids is 2. The maximum absolute atomic E-state index is 13.5. The van der Waals surface area contributed by atoms with Gasteiger partial charge in [0.2, 0.25) is 5.91 Å². The first-order valence-electron chi connectivity index (χ1n) is 11.2. The van der Waals surface area contributed by atoms with Gasteiger partial charge in [-0.1, -0.05) is 35.5 Å². The molecule has 0 aliphatic rings. The van der Waals surface area contributed by atoms with Gasteiger partial charge in [-0.05, 0) is 73.2 Å². The molecule has 0 bridgehead atoms. The van der Waals surface area contributed by atoms with Gasteiger partial charge in [-0.2, -0.15) is 0 Å². The number of thioether (sulfide) groups is 1. The zero-order valence-electron chi connectivity index (χ0n) is 19.8. The second kappa shape index (κ2) is 12.4. The van der Waals surface area contributed by atoms with Gasteiger partial charge in [-0.15, -0.1) is 10.2 Å². The van der Waals surface area contributed by atoms with Crippen LogP contribution in [0.4, 0.5) is 10.1 Å². The minimum Gasteiger partial charge on any atom is -0.484 e. The van der Waals surface area contributed by atoms with E-state index in [1.807, 2.05) is 31.2 Å². The van der Waals surface area contributed by atoms with Crippen LogP contribution in [0.15, 0.2) is 78.0 Å². The summed E-state index contributed by atoms with van der Waals surface area (Å²) >= 11 is 7.03. The molecule has 190 valence electrons. The van der Waals surface area contributed by atoms with Crippen molar-refractivity contribution >= 4 is 40.9 Å². The number of rotatable bonds is 10. The van der Waals surface area contributed by atoms with Gasteiger partial charge in [0.15, 0.2) is 17.6 Å². The average Bonchev–Trinajstić information content (AvgIpc) is 3.29. The van der Waals surface area contributed by atoms with Crippen LogP contribution in [0, 0.1) is 12.7 Å². The molecule has 1 aromatic heterocycles. The standard InChI is InChI=1S/C26H23ClFN5O3S/c1-17-3-2-4-20(13-17)30-25(35)16-37-26-32-31-23(33(26)21-9-7-19(28)8-10-21)14-29-24(34)15-36-22-11-5-18(27)6-12-22/h2-13H,14-16H2,1H3,(H,29,34)(H,30,35). The third kappa shape index (κ3) is 7.55. The van der Waals surface area contributed by atoms with Gasteiger partial charge in [0, 0.05) is 16.4 Å². The minimum absolute atomic E-state index is 0.0449. The highest BCUT2D eigenvalue weighted by Crippen LogP contribution is 2.23. The molecule has 1 heterocycles. The van der Waals surface area contributed by atoms with Crippen LogP contribution in [0.5, 0.6) is 5.75 Å². The molecule has 0 unspecified atom stereocenters. The maximum Gasteiger partial charge on any atom is 0.258 e. The Balaban J connectivity index is 1.41. The van der Waals surface area contributed by atoms with Crippen LogP contribution >= 0.6 is 23.4 Å². The summed E-state index contributed by atoms with van der Waals surface area (Å²) in [4.78, 5) is 24.8. The minimum atomic E-state index is -0.391. The first kappa shape index (κ1) is 26.2. The molecule has 0 saturated carbocycles. The monoisotopic (exact) mass is 539 g/mol. The lowest BCUT2D eigenvalue weighted by Crippen LogP contribution is -2.29. The first-order valence-corrected chi connectivity index (χ1v) is 12.6. The van der Waals surface area contributed by atoms with Crippen LogP contribution in [0.3, 0.4) is 0 Å². The van der Waals surface area contributed by atoms with E-state index in [2.05, 4.69) is 20.8 Å². The fourth-order valence-electron chi connectivity index (χ4n) is 3.32. The predicted molar refractivity (Wildman–Crippen MR) is 141 cm³/mol. The third-order valence-corrected chi connectivity index (χ3v) is 6.23. The van der Waals surface area contributed by atoms with Crippen molar-refractivity contribution in [1.82, 2.24) is 20.1 Å². The summed E-state index contributed by atoms with van der Waals surface area (Å²) in [5.74, 6) is 0.0328. The summed E-state index contributed by atoms with van der Waals surface area (Å²) < 4.78 is 20.7. The molecule has 0 saturated heterocycles. The summed E-state index contributed by atoms with van der Waals surface area (Å²) in [7, 11) is 0. The van der Waals surface area contributed by atoms with Crippen LogP contribution in [-0.4, -0.2) is 38.9 Å². The number of halogens is 2. The number of nitrogens with zero attached hydrogens (tertiary/aromatic N) is 3. The van der Waals surface area contributed by atoms with Gasteiger partial charge in [-0.25, -0.2) is 4.39 Å². The topological polar surface area (TPSA) is 98.1 Å². The van der Waals surface area contributed by atoms with Crippen molar-refractivity contribution in [1.29, 1.82) is 0 Å². The quantitative estimate of drug-likeness (QED) is 0.281. The molecular formula is C26H23ClFN5O3S. The van der Waals surface area contributed by atoms with E-state index >= 15 is 0 Å². The lowest BCUT2D eigenvalue weighted by molar-refractivity contribution is -0.123. The van der Waals surface area contributed by atoms with Crippen molar-refractivity contribution in [3.05, 3.63) is 95.0 Å². The van der Waals surface area contributed by atoms with Crippen LogP contribution in [-0.2, 0) is 16.1 Å². The number of amides is 2. The highest BCUT2D eigenvalue weighted by molar-refractivity contribution is 7.99. The van der Waals surface area contributed by atoms with Crippen LogP contribution in [0.25, 0.3) is 5.69 Å². The second-order valence-corrected chi connectivity index (χ2v) is 9.32. The summed E-state index contributed by atoms with van der Waals surface area (Å²) in [6, 6.07) is 19.9. The average molecular weight is 540 g/mol. The van der Waals surface area contributed by atoms with E-state index in [-0.39, 0.29) is 30.7 Å². The molecule has 8 nitrogen and oxygen atoms in total. The first-order chi connectivity index (χ1) is 17.9. The van der Waals surface area contributed by atoms with E-state index in [1.54, 1.807) is 41.0 Å². The number of hydrogen-bond acceptors (Lipinski definition) is 6. The molecule has 0 fully saturated rings. The number of carbonyl (C=O) groups is 2. The number of aryl methyl sites for hydroxylation is 1. The number of aromatic nitrogens is 3. The van der Waals surface area contributed by atoms with Crippen molar-refractivity contribution in [2.75, 3.05) is 17.7 Å². The number of benzene rings is 3. The Bertz CT molecular complexity index is 1380. The van der Waals surface area contributed by atoms with Gasteiger partial charge >= 0.3 is 0 Å². The van der Waals surface area contributed by atoms with Crippen molar-refractivity contribution in [2.45, 2.75) is 18.6 Å². The predicted octanol–water partition coefficient (Wildman–Crippen LogP) is 4.79. The van der Waals surface area contributed by atoms with Crippen LogP contribution in [0.2, 0.25) is 5.02 Å². The molecule has 2 amide bonds. The number of hydrogen-bond donors (Lipinski definition) is 2. The lowest BCUT2D eigenvalue weighted by Gasteiger charge is -2.12. The summed E-state index contributed by atoms with van der Waals surface area (Å²) in [5.41, 5.74) is 2.33. The van der Waals surface area contributed by atoms with Gasteiger partial charge in [0.05, 0.1) is 12.3 Å². The largest absolute Gasteiger partial charge is 0.484 e. The molecule has 3 aromatic carbocycles. The molecule has 0 aliphatic heterocycles. The maximum atomic E-state index is 13.5. The summed E-state index contributed by atoms with van der Waals surface area (Å²) in [6.45, 7) is 1.79. The summed E-state index contributed by atoms with van der Waals surface area (Å²) in [5, 5.41) is 15.0. The van der Waals surface area contributed by atoms with Crippen molar-refractivity contribution < 1.29 is 18.7 Å². The molecule has 0 aliphatic carbocycles. The van der Waals surface area contributed by atoms with Gasteiger partial charge in [-0.3, -0.25) is 14.2 Å². The Hall–Kier alpha value is -3.89. The smallest absolute Gasteiger partial charge is 0.258 e. The Kier molecular flexibility index (Phi) is 8.76. The van der Waals surface area contributed by atoms with Gasteiger partial charge in [0.1, 0.15) is 11.6 Å². The zero-order chi connectivity index (χ0) is 26.2. The van der Waals surface area contributed by atoms with Crippen LogP contribution < -0.4 is 15.4 Å². The normalized spacial score (nSPS) is 10.7. The zero-order valence-corrected chi connectivity index (χ0v) is 21.4. The van der Waals surface area contributed by atoms with E-state index in [4.69, 9.17) is 16.3 Å². The highest BCUT2D eigenvalue weighted by Gasteiger charge is 2.17. The molecule has 4 rings (SSSR count). The molecule has 11 heteroatoms. The summed E-state index contributed by atoms with van der Waals surface area (Å²) in [6.07, 6.45) is 0. The van der Waals surface area contributed by atoms with E-state index in [0.717, 1.165) is 5.56 Å². The van der Waals surface area contributed by atoms with E-state index in [0.29, 0.717) is 33.1 Å². The molecule has 37 heavy (non-hydrogen) atoms. The third-order valence-electron chi connectivity index (χ3n) is 5.05. The number of ether oxygens (including phenoxy) is 1. The van der Waals surface area contributed by atoms with Crippen molar-refractivity contribution in [2.24, 2.45) is 0 Å². The molecule has 4 aromatic rings. The Morgan fingerprint density at radius 1 is 1.03 bits per heavy atom. The number of nitrogens with one attached hydrogen (secondary N) is 2. The fraction of sp³-hybridized carbons (Fsp3) is 0.154. The molecule has 0 atom stereocenters. The Morgan fingerprint density at radius 2 is 1.78 bits per heavy atom. The van der Waals surface area contributed by atoms with E-state index in [1.165, 1.54) is 23.9 Å². The van der Waals surface area contributed by atoms with Crippen molar-refractivity contribution in [3.8, 4) is 11.4 Å². The Labute approximate surface area is 222 Å². The van der Waals surface area contributed by atoms with Gasteiger partial charge < -0.3 is 15.4 Å². The lowest BCUT2D eigenvalue weighted by atomic mass is 10.2. The van der Waals surface area contributed by atoms with Crippen molar-refractivity contribution in [3.63, 3.8) is 0 Å². The highest BCUT2D eigenvalue weighted by atomic mass is 35.5. The van der Waals surface area contributed by atoms with E-state index in [9.17, 15) is 14.0 Å². The molecule has 0 spiro atoms. The van der Waals surface area contributed by atoms with E-state index < -0.39 is 5.82 Å². The SMILES string of the molecule is Cc1cccc(NC(=O)CSc2nnc(CNC(=O)COc3ccc(Cl)cc3)n2-c2ccc(F)cc2)c1. The number of anilines is 1.